The summed E-state index contributed by atoms with van der Waals surface area (Å²) in [4.78, 5) is 1.46. The van der Waals surface area contributed by atoms with Gasteiger partial charge in [0.05, 0.1) is 0 Å². The maximum Gasteiger partial charge on any atom is 0.0343 e. The molecular formula is C13H20N2S. The van der Waals surface area contributed by atoms with E-state index in [0.717, 1.165) is 13.0 Å². The van der Waals surface area contributed by atoms with E-state index >= 15 is 0 Å². The van der Waals surface area contributed by atoms with Crippen molar-refractivity contribution in [1.82, 2.24) is 0 Å². The Balaban J connectivity index is 1.95. The number of nitrogens with one attached hydrogen (secondary N) is 1. The minimum Gasteiger partial charge on any atom is -0.385 e. The number of fused-ring (bicyclic) bond motifs is 1. The van der Waals surface area contributed by atoms with Gasteiger partial charge in [0.15, 0.2) is 0 Å². The van der Waals surface area contributed by atoms with E-state index in [2.05, 4.69) is 23.5 Å². The SMILES string of the molecule is CC(N)CCNc1ccc2c(c1)CCCS2. The fourth-order valence-electron chi connectivity index (χ4n) is 1.91. The van der Waals surface area contributed by atoms with Crippen molar-refractivity contribution >= 4 is 17.4 Å². The van der Waals surface area contributed by atoms with Crippen molar-refractivity contribution in [3.8, 4) is 0 Å². The Labute approximate surface area is 102 Å². The van der Waals surface area contributed by atoms with Crippen LogP contribution in [-0.4, -0.2) is 18.3 Å². The lowest BCUT2D eigenvalue weighted by atomic mass is 10.1. The van der Waals surface area contributed by atoms with Gasteiger partial charge in [0.25, 0.3) is 0 Å². The van der Waals surface area contributed by atoms with Gasteiger partial charge in [-0.2, -0.15) is 0 Å². The largest absolute Gasteiger partial charge is 0.385 e. The van der Waals surface area contributed by atoms with Gasteiger partial charge in [-0.15, -0.1) is 11.8 Å². The van der Waals surface area contributed by atoms with Crippen LogP contribution in [0.3, 0.4) is 0 Å². The maximum atomic E-state index is 5.72. The lowest BCUT2D eigenvalue weighted by Gasteiger charge is -2.17. The van der Waals surface area contributed by atoms with E-state index in [1.807, 2.05) is 18.7 Å². The molecule has 88 valence electrons. The zero-order valence-electron chi connectivity index (χ0n) is 9.83. The van der Waals surface area contributed by atoms with Crippen molar-refractivity contribution in [2.24, 2.45) is 5.73 Å². The zero-order chi connectivity index (χ0) is 11.4. The van der Waals surface area contributed by atoms with Gasteiger partial charge in [-0.1, -0.05) is 0 Å². The molecule has 0 saturated carbocycles. The lowest BCUT2D eigenvalue weighted by molar-refractivity contribution is 0.690. The van der Waals surface area contributed by atoms with E-state index in [4.69, 9.17) is 5.73 Å². The van der Waals surface area contributed by atoms with Crippen molar-refractivity contribution in [3.05, 3.63) is 23.8 Å². The van der Waals surface area contributed by atoms with Gasteiger partial charge >= 0.3 is 0 Å². The van der Waals surface area contributed by atoms with Crippen LogP contribution in [-0.2, 0) is 6.42 Å². The molecule has 0 bridgehead atoms. The van der Waals surface area contributed by atoms with E-state index in [1.165, 1.54) is 34.7 Å². The van der Waals surface area contributed by atoms with E-state index < -0.39 is 0 Å². The normalized spacial score (nSPS) is 16.6. The summed E-state index contributed by atoms with van der Waals surface area (Å²) < 4.78 is 0. The lowest BCUT2D eigenvalue weighted by Crippen LogP contribution is -2.19. The summed E-state index contributed by atoms with van der Waals surface area (Å²) >= 11 is 1.98. The number of benzene rings is 1. The third kappa shape index (κ3) is 3.16. The van der Waals surface area contributed by atoms with Crippen LogP contribution in [0.15, 0.2) is 23.1 Å². The molecule has 0 aromatic heterocycles. The molecule has 3 N–H and O–H groups in total. The highest BCUT2D eigenvalue weighted by Gasteiger charge is 2.09. The number of thioether (sulfide) groups is 1. The molecule has 16 heavy (non-hydrogen) atoms. The van der Waals surface area contributed by atoms with Gasteiger partial charge in [0, 0.05) is 23.2 Å². The molecule has 1 aromatic carbocycles. The second-order valence-electron chi connectivity index (χ2n) is 4.47. The highest BCUT2D eigenvalue weighted by atomic mass is 32.2. The predicted octanol–water partition coefficient (Wildman–Crippen LogP) is 2.87. The highest BCUT2D eigenvalue weighted by molar-refractivity contribution is 7.99. The van der Waals surface area contributed by atoms with Crippen LogP contribution >= 0.6 is 11.8 Å². The number of anilines is 1. The summed E-state index contributed by atoms with van der Waals surface area (Å²) in [5.41, 5.74) is 8.46. The molecule has 1 unspecified atom stereocenters. The molecule has 0 saturated heterocycles. The number of hydrogen-bond acceptors (Lipinski definition) is 3. The van der Waals surface area contributed by atoms with Crippen LogP contribution in [0.5, 0.6) is 0 Å². The zero-order valence-corrected chi connectivity index (χ0v) is 10.6. The van der Waals surface area contributed by atoms with E-state index in [1.54, 1.807) is 0 Å². The monoisotopic (exact) mass is 236 g/mol. The molecule has 0 fully saturated rings. The molecule has 3 heteroatoms. The van der Waals surface area contributed by atoms with Gasteiger partial charge in [0.2, 0.25) is 0 Å². The number of rotatable bonds is 4. The standard InChI is InChI=1S/C13H20N2S/c1-10(14)6-7-15-12-4-5-13-11(9-12)3-2-8-16-13/h4-5,9-10,15H,2-3,6-8,14H2,1H3. The van der Waals surface area contributed by atoms with E-state index in [9.17, 15) is 0 Å². The van der Waals surface area contributed by atoms with E-state index in [0.29, 0.717) is 0 Å². The second kappa shape index (κ2) is 5.60. The Bertz CT molecular complexity index is 350. The van der Waals surface area contributed by atoms with Crippen molar-refractivity contribution in [2.75, 3.05) is 17.6 Å². The van der Waals surface area contributed by atoms with Crippen molar-refractivity contribution in [3.63, 3.8) is 0 Å². The van der Waals surface area contributed by atoms with Gasteiger partial charge in [-0.05, 0) is 55.7 Å². The van der Waals surface area contributed by atoms with Crippen molar-refractivity contribution < 1.29 is 0 Å². The average molecular weight is 236 g/mol. The first kappa shape index (κ1) is 11.8. The minimum atomic E-state index is 0.278. The summed E-state index contributed by atoms with van der Waals surface area (Å²) in [5, 5.41) is 3.44. The van der Waals surface area contributed by atoms with Crippen LogP contribution in [0, 0.1) is 0 Å². The number of nitrogens with two attached hydrogens (primary N) is 1. The third-order valence-corrected chi connectivity index (χ3v) is 4.04. The minimum absolute atomic E-state index is 0.278. The fourth-order valence-corrected chi connectivity index (χ4v) is 2.93. The molecule has 1 aliphatic heterocycles. The average Bonchev–Trinajstić information content (AvgIpc) is 2.28. The highest BCUT2D eigenvalue weighted by Crippen LogP contribution is 2.31. The summed E-state index contributed by atoms with van der Waals surface area (Å²) in [5.74, 6) is 1.27. The molecule has 1 aromatic rings. The third-order valence-electron chi connectivity index (χ3n) is 2.84. The van der Waals surface area contributed by atoms with Gasteiger partial charge in [-0.3, -0.25) is 0 Å². The smallest absolute Gasteiger partial charge is 0.0343 e. The molecule has 1 heterocycles. The maximum absolute atomic E-state index is 5.72. The Kier molecular flexibility index (Phi) is 4.13. The molecular weight excluding hydrogens is 216 g/mol. The summed E-state index contributed by atoms with van der Waals surface area (Å²) in [6, 6.07) is 7.00. The Hall–Kier alpha value is -0.670. The molecule has 2 rings (SSSR count). The van der Waals surface area contributed by atoms with Crippen LogP contribution in [0.25, 0.3) is 0 Å². The van der Waals surface area contributed by atoms with Crippen LogP contribution in [0.2, 0.25) is 0 Å². The number of aryl methyl sites for hydroxylation is 1. The predicted molar refractivity (Wildman–Crippen MR) is 72.2 cm³/mol. The molecule has 0 spiro atoms. The van der Waals surface area contributed by atoms with Gasteiger partial charge in [-0.25, -0.2) is 0 Å². The summed E-state index contributed by atoms with van der Waals surface area (Å²) in [6.45, 7) is 3.01. The van der Waals surface area contributed by atoms with Gasteiger partial charge < -0.3 is 11.1 Å². The van der Waals surface area contributed by atoms with Gasteiger partial charge in [0.1, 0.15) is 0 Å². The molecule has 1 aliphatic rings. The van der Waals surface area contributed by atoms with Crippen molar-refractivity contribution in [2.45, 2.75) is 37.1 Å². The first-order valence-electron chi connectivity index (χ1n) is 6.01. The molecule has 0 radical (unpaired) electrons. The topological polar surface area (TPSA) is 38.0 Å². The number of hydrogen-bond donors (Lipinski definition) is 2. The summed E-state index contributed by atoms with van der Waals surface area (Å²) in [7, 11) is 0. The molecule has 0 amide bonds. The second-order valence-corrected chi connectivity index (χ2v) is 5.60. The first-order valence-corrected chi connectivity index (χ1v) is 6.99. The molecule has 2 nitrogen and oxygen atoms in total. The van der Waals surface area contributed by atoms with E-state index in [-0.39, 0.29) is 6.04 Å². The Morgan fingerprint density at radius 2 is 2.38 bits per heavy atom. The fraction of sp³-hybridized carbons (Fsp3) is 0.538. The summed E-state index contributed by atoms with van der Waals surface area (Å²) in [6.07, 6.45) is 3.55. The quantitative estimate of drug-likeness (QED) is 0.844. The van der Waals surface area contributed by atoms with Crippen LogP contribution in [0.1, 0.15) is 25.3 Å². The van der Waals surface area contributed by atoms with Crippen LogP contribution < -0.4 is 11.1 Å². The molecule has 0 aliphatic carbocycles. The Morgan fingerprint density at radius 1 is 1.50 bits per heavy atom. The first-order chi connectivity index (χ1) is 7.75. The van der Waals surface area contributed by atoms with Crippen molar-refractivity contribution in [1.29, 1.82) is 0 Å². The Morgan fingerprint density at radius 3 is 3.19 bits per heavy atom. The van der Waals surface area contributed by atoms with Crippen LogP contribution in [0.4, 0.5) is 5.69 Å². The molecule has 1 atom stereocenters.